The molecule has 3 rings (SSSR count). The molecule has 1 N–H and O–H groups in total. The minimum absolute atomic E-state index is 0. The first-order valence-electron chi connectivity index (χ1n) is 6.20. The molecule has 0 saturated heterocycles. The number of hydrogen-bond acceptors (Lipinski definition) is 4. The fourth-order valence-corrected chi connectivity index (χ4v) is 4.17. The van der Waals surface area contributed by atoms with E-state index >= 15 is 0 Å². The third kappa shape index (κ3) is 2.81. The first kappa shape index (κ1) is 11.5. The molecule has 0 bridgehead atoms. The highest BCUT2D eigenvalue weighted by Gasteiger charge is 2.13. The van der Waals surface area contributed by atoms with Crippen LogP contribution in [0.5, 0.6) is 0 Å². The van der Waals surface area contributed by atoms with Crippen molar-refractivity contribution in [2.75, 3.05) is 0 Å². The summed E-state index contributed by atoms with van der Waals surface area (Å²) in [5.41, 5.74) is 1.12. The van der Waals surface area contributed by atoms with Gasteiger partial charge in [-0.25, -0.2) is 4.98 Å². The smallest absolute Gasteiger partial charge is 0.166 e. The molecule has 1 heterocycles. The molecule has 0 radical (unpaired) electrons. The molecule has 1 aliphatic rings. The van der Waals surface area contributed by atoms with Gasteiger partial charge in [0.05, 0.1) is 10.2 Å². The van der Waals surface area contributed by atoms with Gasteiger partial charge >= 0.3 is 0 Å². The number of hydrogen-bond donors (Lipinski definition) is 1. The average Bonchev–Trinajstić information content (AvgIpc) is 2.80. The van der Waals surface area contributed by atoms with Crippen molar-refractivity contribution < 1.29 is 1.43 Å². The Balaban J connectivity index is 0.00000120. The zero-order valence-corrected chi connectivity index (χ0v) is 11.3. The summed E-state index contributed by atoms with van der Waals surface area (Å²) in [7, 11) is 0. The van der Waals surface area contributed by atoms with E-state index in [-0.39, 0.29) is 1.43 Å². The Hall–Kier alpha value is -0.580. The van der Waals surface area contributed by atoms with E-state index in [0.717, 1.165) is 9.86 Å². The highest BCUT2D eigenvalue weighted by molar-refractivity contribution is 7.99. The zero-order chi connectivity index (χ0) is 11.5. The number of rotatable bonds is 3. The zero-order valence-electron chi connectivity index (χ0n) is 9.69. The number of nitrogens with one attached hydrogen (secondary N) is 1. The van der Waals surface area contributed by atoms with Crippen LogP contribution in [0.4, 0.5) is 0 Å². The number of para-hydroxylation sites is 1. The third-order valence-corrected chi connectivity index (χ3v) is 5.24. The highest BCUT2D eigenvalue weighted by Crippen LogP contribution is 2.29. The largest absolute Gasteiger partial charge is 0.255 e. The van der Waals surface area contributed by atoms with Gasteiger partial charge in [-0.3, -0.25) is 4.72 Å². The van der Waals surface area contributed by atoms with E-state index in [1.165, 1.54) is 36.8 Å². The van der Waals surface area contributed by atoms with Gasteiger partial charge in [-0.15, -0.1) is 11.3 Å². The summed E-state index contributed by atoms with van der Waals surface area (Å²) < 4.78 is 5.98. The van der Waals surface area contributed by atoms with E-state index in [2.05, 4.69) is 27.9 Å². The maximum absolute atomic E-state index is 4.62. The summed E-state index contributed by atoms with van der Waals surface area (Å²) in [5.74, 6) is 0. The molecule has 1 aromatic carbocycles. The Labute approximate surface area is 111 Å². The van der Waals surface area contributed by atoms with Crippen LogP contribution in [0.2, 0.25) is 0 Å². The Morgan fingerprint density at radius 1 is 1.24 bits per heavy atom. The van der Waals surface area contributed by atoms with Crippen LogP contribution in [0.1, 0.15) is 33.5 Å². The normalized spacial score (nSPS) is 17.6. The monoisotopic (exact) mass is 266 g/mol. The first-order chi connectivity index (χ1) is 8.42. The minimum atomic E-state index is 0. The molecule has 1 aliphatic carbocycles. The van der Waals surface area contributed by atoms with Crippen molar-refractivity contribution >= 4 is 33.5 Å². The molecule has 0 amide bonds. The first-order valence-corrected chi connectivity index (χ1v) is 7.83. The summed E-state index contributed by atoms with van der Waals surface area (Å²) in [6, 6.07) is 9.02. The lowest BCUT2D eigenvalue weighted by atomic mass is 9.96. The van der Waals surface area contributed by atoms with E-state index in [4.69, 9.17) is 0 Å². The summed E-state index contributed by atoms with van der Waals surface area (Å²) in [6.45, 7) is 0. The fraction of sp³-hybridized carbons (Fsp3) is 0.462. The Kier molecular flexibility index (Phi) is 3.64. The van der Waals surface area contributed by atoms with Crippen LogP contribution < -0.4 is 4.72 Å². The number of benzene rings is 1. The van der Waals surface area contributed by atoms with Crippen molar-refractivity contribution in [2.24, 2.45) is 0 Å². The summed E-state index contributed by atoms with van der Waals surface area (Å²) in [6.07, 6.45) is 6.79. The molecular formula is C13H18N2S2. The standard InChI is InChI=1S/C13H16N2S2.H2/c1-2-6-10(7-3-1)15-17-13-14-11-8-4-5-9-12(11)16-13;/h4-5,8-10,15H,1-3,6-7H2;1H. The Morgan fingerprint density at radius 2 is 2.06 bits per heavy atom. The van der Waals surface area contributed by atoms with Gasteiger partial charge in [0.25, 0.3) is 0 Å². The van der Waals surface area contributed by atoms with E-state index in [9.17, 15) is 0 Å². The molecule has 2 aromatic rings. The molecule has 17 heavy (non-hydrogen) atoms. The summed E-state index contributed by atoms with van der Waals surface area (Å²) in [4.78, 5) is 4.62. The molecule has 0 unspecified atom stereocenters. The predicted molar refractivity (Wildman–Crippen MR) is 77.6 cm³/mol. The summed E-state index contributed by atoms with van der Waals surface area (Å²) >= 11 is 3.49. The quantitative estimate of drug-likeness (QED) is 0.830. The van der Waals surface area contributed by atoms with Crippen molar-refractivity contribution in [3.8, 4) is 0 Å². The minimum Gasteiger partial charge on any atom is -0.255 e. The molecule has 0 atom stereocenters. The van der Waals surface area contributed by atoms with Crippen LogP contribution >= 0.6 is 23.3 Å². The lowest BCUT2D eigenvalue weighted by molar-refractivity contribution is 0.423. The highest BCUT2D eigenvalue weighted by atomic mass is 32.2. The van der Waals surface area contributed by atoms with E-state index in [1.54, 1.807) is 23.3 Å². The van der Waals surface area contributed by atoms with Gasteiger partial charge in [0.15, 0.2) is 4.34 Å². The SMILES string of the molecule is [HH].c1ccc2sc(SNC3CCCCC3)nc2c1. The number of aromatic nitrogens is 1. The maximum atomic E-state index is 4.62. The Bertz CT molecular complexity index is 461. The lowest BCUT2D eigenvalue weighted by Crippen LogP contribution is -2.25. The van der Waals surface area contributed by atoms with Gasteiger partial charge in [-0.05, 0) is 36.9 Å². The van der Waals surface area contributed by atoms with E-state index in [1.807, 2.05) is 6.07 Å². The molecule has 1 saturated carbocycles. The molecular weight excluding hydrogens is 248 g/mol. The lowest BCUT2D eigenvalue weighted by Gasteiger charge is -2.21. The van der Waals surface area contributed by atoms with Gasteiger partial charge in [-0.2, -0.15) is 0 Å². The van der Waals surface area contributed by atoms with Crippen LogP contribution in [-0.4, -0.2) is 11.0 Å². The molecule has 0 spiro atoms. The van der Waals surface area contributed by atoms with Gasteiger partial charge in [0.2, 0.25) is 0 Å². The second kappa shape index (κ2) is 5.38. The van der Waals surface area contributed by atoms with Crippen LogP contribution in [0.25, 0.3) is 10.2 Å². The van der Waals surface area contributed by atoms with Crippen molar-refractivity contribution in [2.45, 2.75) is 42.5 Å². The van der Waals surface area contributed by atoms with E-state index < -0.39 is 0 Å². The van der Waals surface area contributed by atoms with Gasteiger partial charge in [0.1, 0.15) is 0 Å². The number of fused-ring (bicyclic) bond motifs is 1. The number of nitrogens with zero attached hydrogens (tertiary/aromatic N) is 1. The predicted octanol–water partition coefficient (Wildman–Crippen LogP) is 4.47. The molecule has 1 aromatic heterocycles. The summed E-state index contributed by atoms with van der Waals surface area (Å²) in [5, 5.41) is 0. The Morgan fingerprint density at radius 3 is 2.88 bits per heavy atom. The van der Waals surface area contributed by atoms with E-state index in [0.29, 0.717) is 6.04 Å². The van der Waals surface area contributed by atoms with Gasteiger partial charge in [0, 0.05) is 7.47 Å². The molecule has 2 nitrogen and oxygen atoms in total. The topological polar surface area (TPSA) is 24.9 Å². The van der Waals surface area contributed by atoms with Crippen molar-refractivity contribution in [3.05, 3.63) is 24.3 Å². The molecule has 92 valence electrons. The van der Waals surface area contributed by atoms with Crippen LogP contribution in [-0.2, 0) is 0 Å². The van der Waals surface area contributed by atoms with Gasteiger partial charge in [-0.1, -0.05) is 31.4 Å². The number of thiazole rings is 1. The second-order valence-electron chi connectivity index (χ2n) is 4.50. The van der Waals surface area contributed by atoms with Gasteiger partial charge < -0.3 is 0 Å². The van der Waals surface area contributed by atoms with Crippen LogP contribution in [0, 0.1) is 0 Å². The second-order valence-corrected chi connectivity index (χ2v) is 6.62. The average molecular weight is 266 g/mol. The molecule has 1 fully saturated rings. The maximum Gasteiger partial charge on any atom is 0.166 e. The van der Waals surface area contributed by atoms with Crippen LogP contribution in [0.15, 0.2) is 28.6 Å². The van der Waals surface area contributed by atoms with Crippen molar-refractivity contribution in [3.63, 3.8) is 0 Å². The molecule has 4 heteroatoms. The van der Waals surface area contributed by atoms with Crippen molar-refractivity contribution in [1.82, 2.24) is 9.71 Å². The fourth-order valence-electron chi connectivity index (χ4n) is 2.25. The third-order valence-electron chi connectivity index (χ3n) is 3.19. The van der Waals surface area contributed by atoms with Crippen molar-refractivity contribution in [1.29, 1.82) is 0 Å². The molecule has 0 aliphatic heterocycles. The van der Waals surface area contributed by atoms with Crippen LogP contribution in [0.3, 0.4) is 0 Å².